The van der Waals surface area contributed by atoms with Crippen molar-refractivity contribution in [3.63, 3.8) is 0 Å². The Hall–Kier alpha value is -3.56. The van der Waals surface area contributed by atoms with Crippen LogP contribution in [-0.4, -0.2) is 59.9 Å². The number of carboxylic acids is 1. The highest BCUT2D eigenvalue weighted by Gasteiger charge is 2.37. The predicted molar refractivity (Wildman–Crippen MR) is 113 cm³/mol. The minimum atomic E-state index is -4.78. The van der Waals surface area contributed by atoms with Gasteiger partial charge in [-0.2, -0.15) is 13.2 Å². The first-order valence-corrected chi connectivity index (χ1v) is 10.3. The highest BCUT2D eigenvalue weighted by atomic mass is 19.4. The average molecular weight is 464 g/mol. The maximum atomic E-state index is 12.8. The Balaban J connectivity index is 1.67. The van der Waals surface area contributed by atoms with Gasteiger partial charge >= 0.3 is 18.2 Å². The van der Waals surface area contributed by atoms with Crippen LogP contribution in [0.15, 0.2) is 48.5 Å². The number of nitrogens with zero attached hydrogens (tertiary/aromatic N) is 1. The molecule has 1 aliphatic rings. The van der Waals surface area contributed by atoms with E-state index in [9.17, 15) is 27.6 Å². The van der Waals surface area contributed by atoms with Crippen molar-refractivity contribution in [1.29, 1.82) is 0 Å². The highest BCUT2D eigenvalue weighted by molar-refractivity contribution is 5.88. The summed E-state index contributed by atoms with van der Waals surface area (Å²) >= 11 is 0. The number of carbonyl (C=O) groups is 3. The Morgan fingerprint density at radius 1 is 1.06 bits per heavy atom. The van der Waals surface area contributed by atoms with Gasteiger partial charge < -0.3 is 20.1 Å². The molecule has 33 heavy (non-hydrogen) atoms. The molecule has 1 aliphatic carbocycles. The Bertz CT molecular complexity index is 995. The first-order chi connectivity index (χ1) is 15.6. The molecule has 176 valence electrons. The molecule has 7 nitrogen and oxygen atoms in total. The summed E-state index contributed by atoms with van der Waals surface area (Å²) in [6, 6.07) is 14.0. The van der Waals surface area contributed by atoms with Crippen molar-refractivity contribution in [3.8, 4) is 11.1 Å². The molecule has 0 saturated carbocycles. The number of aliphatic carboxylic acids is 1. The zero-order valence-electron chi connectivity index (χ0n) is 17.8. The van der Waals surface area contributed by atoms with Crippen LogP contribution in [0.1, 0.15) is 30.4 Å². The molecule has 0 aliphatic heterocycles. The largest absolute Gasteiger partial charge is 0.480 e. The molecule has 0 unspecified atom stereocenters. The van der Waals surface area contributed by atoms with Gasteiger partial charge in [0.1, 0.15) is 25.7 Å². The number of halogens is 3. The second-order valence-corrected chi connectivity index (χ2v) is 7.63. The van der Waals surface area contributed by atoms with Crippen LogP contribution < -0.4 is 5.32 Å². The lowest BCUT2D eigenvalue weighted by atomic mass is 9.98. The van der Waals surface area contributed by atoms with Crippen LogP contribution in [0.4, 0.5) is 18.0 Å². The molecule has 3 rings (SSSR count). The van der Waals surface area contributed by atoms with Gasteiger partial charge in [0, 0.05) is 5.92 Å². The fraction of sp³-hybridized carbons (Fsp3) is 0.348. The van der Waals surface area contributed by atoms with Gasteiger partial charge in [-0.15, -0.1) is 0 Å². The summed E-state index contributed by atoms with van der Waals surface area (Å²) in [4.78, 5) is 36.0. The molecule has 2 amide bonds. The number of hydrogen-bond donors (Lipinski definition) is 2. The van der Waals surface area contributed by atoms with E-state index in [1.54, 1.807) is 0 Å². The van der Waals surface area contributed by atoms with Gasteiger partial charge in [-0.25, -0.2) is 4.79 Å². The van der Waals surface area contributed by atoms with Gasteiger partial charge in [-0.3, -0.25) is 9.59 Å². The molecular weight excluding hydrogens is 441 g/mol. The number of ether oxygens (including phenoxy) is 1. The van der Waals surface area contributed by atoms with E-state index in [1.807, 2.05) is 48.5 Å². The molecule has 2 aromatic carbocycles. The van der Waals surface area contributed by atoms with Crippen LogP contribution in [0.2, 0.25) is 0 Å². The molecule has 1 atom stereocenters. The number of fused-ring (bicyclic) bond motifs is 3. The first kappa shape index (κ1) is 24.1. The van der Waals surface area contributed by atoms with Crippen LogP contribution >= 0.6 is 0 Å². The summed E-state index contributed by atoms with van der Waals surface area (Å²) in [6.45, 7) is -1.42. The second kappa shape index (κ2) is 9.93. The third-order valence-electron chi connectivity index (χ3n) is 5.35. The molecule has 0 spiro atoms. The quantitative estimate of drug-likeness (QED) is 0.620. The molecule has 0 radical (unpaired) electrons. The third kappa shape index (κ3) is 5.82. The molecule has 0 fully saturated rings. The van der Waals surface area contributed by atoms with Crippen molar-refractivity contribution >= 4 is 18.0 Å². The van der Waals surface area contributed by atoms with E-state index < -0.39 is 43.3 Å². The van der Waals surface area contributed by atoms with Crippen molar-refractivity contribution in [1.82, 2.24) is 10.2 Å². The van der Waals surface area contributed by atoms with Gasteiger partial charge in [-0.05, 0) is 28.7 Å². The van der Waals surface area contributed by atoms with Gasteiger partial charge in [0.15, 0.2) is 0 Å². The number of amides is 2. The van der Waals surface area contributed by atoms with E-state index in [-0.39, 0.29) is 23.8 Å². The van der Waals surface area contributed by atoms with Crippen LogP contribution in [0, 0.1) is 0 Å². The molecule has 0 heterocycles. The van der Waals surface area contributed by atoms with Crippen LogP contribution in [0.5, 0.6) is 0 Å². The molecule has 0 saturated heterocycles. The van der Waals surface area contributed by atoms with E-state index in [2.05, 4.69) is 5.32 Å². The average Bonchev–Trinajstić information content (AvgIpc) is 3.07. The molecule has 10 heteroatoms. The van der Waals surface area contributed by atoms with Crippen molar-refractivity contribution in [2.45, 2.75) is 31.5 Å². The molecule has 0 bridgehead atoms. The van der Waals surface area contributed by atoms with Crippen LogP contribution in [-0.2, 0) is 14.3 Å². The van der Waals surface area contributed by atoms with E-state index in [0.717, 1.165) is 22.3 Å². The van der Waals surface area contributed by atoms with Gasteiger partial charge in [0.2, 0.25) is 5.91 Å². The summed E-state index contributed by atoms with van der Waals surface area (Å²) in [7, 11) is 0. The SMILES string of the molecule is CC[C@@H](NC(=O)OCC1c2ccccc2-c2ccccc21)C(=O)N(CC(=O)O)CC(F)(F)F. The van der Waals surface area contributed by atoms with E-state index in [1.165, 1.54) is 6.92 Å². The molecule has 2 aromatic rings. The minimum absolute atomic E-state index is 0.0358. The lowest BCUT2D eigenvalue weighted by Crippen LogP contribution is -2.52. The van der Waals surface area contributed by atoms with Crippen molar-refractivity contribution in [2.75, 3.05) is 19.7 Å². The third-order valence-corrected chi connectivity index (χ3v) is 5.35. The topological polar surface area (TPSA) is 95.9 Å². The second-order valence-electron chi connectivity index (χ2n) is 7.63. The zero-order chi connectivity index (χ0) is 24.2. The Morgan fingerprint density at radius 2 is 1.61 bits per heavy atom. The fourth-order valence-corrected chi connectivity index (χ4v) is 3.93. The van der Waals surface area contributed by atoms with Crippen molar-refractivity contribution < 1.29 is 37.4 Å². The Kier molecular flexibility index (Phi) is 7.25. The first-order valence-electron chi connectivity index (χ1n) is 10.3. The number of carboxylic acid groups (broad SMARTS) is 1. The lowest BCUT2D eigenvalue weighted by molar-refractivity contribution is -0.166. The number of rotatable bonds is 8. The Labute approximate surface area is 188 Å². The monoisotopic (exact) mass is 464 g/mol. The van der Waals surface area contributed by atoms with E-state index >= 15 is 0 Å². The van der Waals surface area contributed by atoms with Crippen LogP contribution in [0.25, 0.3) is 11.1 Å². The fourth-order valence-electron chi connectivity index (χ4n) is 3.93. The summed E-state index contributed by atoms with van der Waals surface area (Å²) in [5, 5.41) is 11.1. The number of carbonyl (C=O) groups excluding carboxylic acids is 2. The maximum absolute atomic E-state index is 12.8. The van der Waals surface area contributed by atoms with Crippen LogP contribution in [0.3, 0.4) is 0 Å². The van der Waals surface area contributed by atoms with E-state index in [4.69, 9.17) is 9.84 Å². The summed E-state index contributed by atoms with van der Waals surface area (Å²) < 4.78 is 43.7. The molecule has 0 aromatic heterocycles. The lowest BCUT2D eigenvalue weighted by Gasteiger charge is -2.26. The summed E-state index contributed by atoms with van der Waals surface area (Å²) in [5.74, 6) is -2.97. The number of alkyl carbamates (subject to hydrolysis) is 1. The van der Waals surface area contributed by atoms with Gasteiger partial charge in [0.05, 0.1) is 0 Å². The smallest absolute Gasteiger partial charge is 0.407 e. The maximum Gasteiger partial charge on any atom is 0.407 e. The number of alkyl halides is 3. The summed E-state index contributed by atoms with van der Waals surface area (Å²) in [6.07, 6.45) is -5.80. The number of nitrogens with one attached hydrogen (secondary N) is 1. The normalized spacial score (nSPS) is 13.6. The molecular formula is C23H23F3N2O5. The zero-order valence-corrected chi connectivity index (χ0v) is 17.8. The highest BCUT2D eigenvalue weighted by Crippen LogP contribution is 2.44. The molecule has 2 N–H and O–H groups in total. The predicted octanol–water partition coefficient (Wildman–Crippen LogP) is 3.78. The standard InChI is InChI=1S/C23H23F3N2O5/c1-2-19(21(31)28(11-20(29)30)13-23(24,25)26)27-22(32)33-12-18-16-9-5-3-7-14(16)15-8-4-6-10-17(15)18/h3-10,18-19H,2,11-13H2,1H3,(H,27,32)(H,29,30)/t19-/m1/s1. The Morgan fingerprint density at radius 3 is 2.09 bits per heavy atom. The minimum Gasteiger partial charge on any atom is -0.480 e. The van der Waals surface area contributed by atoms with Crippen molar-refractivity contribution in [3.05, 3.63) is 59.7 Å². The van der Waals surface area contributed by atoms with Gasteiger partial charge in [-0.1, -0.05) is 55.5 Å². The van der Waals surface area contributed by atoms with E-state index in [0.29, 0.717) is 0 Å². The van der Waals surface area contributed by atoms with Crippen molar-refractivity contribution in [2.24, 2.45) is 0 Å². The van der Waals surface area contributed by atoms with Gasteiger partial charge in [0.25, 0.3) is 0 Å². The summed E-state index contributed by atoms with van der Waals surface area (Å²) in [5.41, 5.74) is 4.01. The number of hydrogen-bond acceptors (Lipinski definition) is 4. The number of benzene rings is 2.